The van der Waals surface area contributed by atoms with Gasteiger partial charge < -0.3 is 14.2 Å². The highest BCUT2D eigenvalue weighted by atomic mass is 16.3. The molecule has 3 heterocycles. The molecule has 1 aliphatic heterocycles. The normalized spacial score (nSPS) is 16.2. The van der Waals surface area contributed by atoms with Gasteiger partial charge in [0.2, 0.25) is 0 Å². The summed E-state index contributed by atoms with van der Waals surface area (Å²) in [5.74, 6) is 0.839. The van der Waals surface area contributed by atoms with Crippen LogP contribution in [0.15, 0.2) is 178 Å². The first-order valence-electron chi connectivity index (χ1n) is 16.9. The SMILES string of the molecule is c1ccc(C2=NC(c3cccc(-c4ccccc4)c3)NC(c3cccc4oc5ccc(-c6cccc7c6oc6ccccc67)cc5c34)N2)cc1. The summed E-state index contributed by atoms with van der Waals surface area (Å²) in [6, 6.07) is 56.8. The lowest BCUT2D eigenvalue weighted by atomic mass is 9.97. The molecule has 2 atom stereocenters. The molecule has 9 aromatic rings. The molecular weight excluding hydrogens is 615 g/mol. The molecule has 0 aliphatic carbocycles. The molecule has 0 spiro atoms. The Morgan fingerprint density at radius 2 is 1.18 bits per heavy atom. The van der Waals surface area contributed by atoms with E-state index < -0.39 is 0 Å². The third-order valence-corrected chi connectivity index (χ3v) is 9.77. The minimum absolute atomic E-state index is 0.250. The van der Waals surface area contributed by atoms with E-state index in [0.29, 0.717) is 0 Å². The predicted molar refractivity (Wildman–Crippen MR) is 203 cm³/mol. The average molecular weight is 646 g/mol. The Hall–Kier alpha value is -6.43. The Kier molecular flexibility index (Phi) is 6.64. The minimum atomic E-state index is -0.283. The van der Waals surface area contributed by atoms with Crippen molar-refractivity contribution >= 4 is 49.7 Å². The first-order valence-corrected chi connectivity index (χ1v) is 16.9. The van der Waals surface area contributed by atoms with Crippen molar-refractivity contribution in [3.63, 3.8) is 0 Å². The Bertz CT molecular complexity index is 2730. The van der Waals surface area contributed by atoms with Crippen LogP contribution in [0.3, 0.4) is 0 Å². The van der Waals surface area contributed by atoms with Crippen molar-refractivity contribution in [1.29, 1.82) is 0 Å². The number of amidine groups is 1. The van der Waals surface area contributed by atoms with Gasteiger partial charge in [-0.1, -0.05) is 133 Å². The zero-order valence-electron chi connectivity index (χ0n) is 27.0. The Morgan fingerprint density at radius 3 is 2.06 bits per heavy atom. The van der Waals surface area contributed by atoms with Crippen LogP contribution in [0.4, 0.5) is 0 Å². The number of rotatable bonds is 5. The number of fused-ring (bicyclic) bond motifs is 6. The molecule has 50 heavy (non-hydrogen) atoms. The third kappa shape index (κ3) is 4.79. The molecule has 2 aromatic heterocycles. The van der Waals surface area contributed by atoms with E-state index in [0.717, 1.165) is 83.1 Å². The van der Waals surface area contributed by atoms with Crippen molar-refractivity contribution in [3.05, 3.63) is 180 Å². The van der Waals surface area contributed by atoms with E-state index in [1.807, 2.05) is 30.3 Å². The highest BCUT2D eigenvalue weighted by Gasteiger charge is 2.28. The molecule has 5 nitrogen and oxygen atoms in total. The number of hydrogen-bond donors (Lipinski definition) is 2. The van der Waals surface area contributed by atoms with Crippen LogP contribution in [0.25, 0.3) is 66.1 Å². The van der Waals surface area contributed by atoms with Crippen LogP contribution in [0.2, 0.25) is 0 Å². The highest BCUT2D eigenvalue weighted by Crippen LogP contribution is 2.40. The van der Waals surface area contributed by atoms with Crippen molar-refractivity contribution in [1.82, 2.24) is 10.6 Å². The standard InChI is InChI=1S/C45H31N3O2/c1-3-12-28(13-4-1)30-16-9-17-32(26-30)44-46-43(29-14-5-2-6-15-29)47-45(48-44)36-21-11-23-40-41(36)37-27-31(24-25-39(37)49-40)33-19-10-20-35-34-18-7-8-22-38(34)50-42(33)35/h1-27,44-45,48H,(H,46,47). The lowest BCUT2D eigenvalue weighted by Gasteiger charge is -2.32. The Balaban J connectivity index is 1.11. The number of benzene rings is 7. The number of nitrogens with zero attached hydrogens (tertiary/aromatic N) is 1. The van der Waals surface area contributed by atoms with Crippen LogP contribution >= 0.6 is 0 Å². The number of nitrogens with one attached hydrogen (secondary N) is 2. The summed E-state index contributed by atoms with van der Waals surface area (Å²) in [5, 5.41) is 11.9. The summed E-state index contributed by atoms with van der Waals surface area (Å²) < 4.78 is 12.9. The molecule has 0 radical (unpaired) electrons. The largest absolute Gasteiger partial charge is 0.456 e. The van der Waals surface area contributed by atoms with E-state index in [4.69, 9.17) is 13.8 Å². The first-order chi connectivity index (χ1) is 24.8. The minimum Gasteiger partial charge on any atom is -0.456 e. The fourth-order valence-electron chi connectivity index (χ4n) is 7.39. The summed E-state index contributed by atoms with van der Waals surface area (Å²) in [5.41, 5.74) is 11.1. The number of para-hydroxylation sites is 2. The second-order valence-electron chi connectivity index (χ2n) is 12.8. The average Bonchev–Trinajstić information content (AvgIpc) is 3.77. The molecule has 238 valence electrons. The van der Waals surface area contributed by atoms with E-state index in [1.54, 1.807) is 0 Å². The van der Waals surface area contributed by atoms with Gasteiger partial charge in [0.15, 0.2) is 0 Å². The molecule has 10 rings (SSSR count). The highest BCUT2D eigenvalue weighted by molar-refractivity contribution is 6.12. The van der Waals surface area contributed by atoms with E-state index in [2.05, 4.69) is 144 Å². The van der Waals surface area contributed by atoms with Crippen LogP contribution in [0.5, 0.6) is 0 Å². The maximum atomic E-state index is 6.49. The number of aliphatic imine (C=N–C) groups is 1. The Morgan fingerprint density at radius 1 is 0.480 bits per heavy atom. The zero-order valence-corrected chi connectivity index (χ0v) is 27.0. The monoisotopic (exact) mass is 645 g/mol. The molecule has 7 aromatic carbocycles. The van der Waals surface area contributed by atoms with E-state index in [9.17, 15) is 0 Å². The molecule has 0 bridgehead atoms. The number of furan rings is 2. The lowest BCUT2D eigenvalue weighted by Crippen LogP contribution is -2.45. The quantitative estimate of drug-likeness (QED) is 0.195. The van der Waals surface area contributed by atoms with Gasteiger partial charge >= 0.3 is 0 Å². The summed E-state index contributed by atoms with van der Waals surface area (Å²) in [6.07, 6.45) is -0.533. The van der Waals surface area contributed by atoms with Crippen molar-refractivity contribution in [2.75, 3.05) is 0 Å². The smallest absolute Gasteiger partial charge is 0.143 e. The lowest BCUT2D eigenvalue weighted by molar-refractivity contribution is 0.411. The van der Waals surface area contributed by atoms with Crippen LogP contribution < -0.4 is 10.6 Å². The van der Waals surface area contributed by atoms with E-state index >= 15 is 0 Å². The first kappa shape index (κ1) is 28.6. The van der Waals surface area contributed by atoms with E-state index in [1.165, 1.54) is 5.56 Å². The third-order valence-electron chi connectivity index (χ3n) is 9.77. The van der Waals surface area contributed by atoms with Gasteiger partial charge in [0.1, 0.15) is 40.5 Å². The fourth-order valence-corrected chi connectivity index (χ4v) is 7.39. The second-order valence-corrected chi connectivity index (χ2v) is 12.8. The van der Waals surface area contributed by atoms with Crippen LogP contribution in [-0.4, -0.2) is 5.84 Å². The summed E-state index contributed by atoms with van der Waals surface area (Å²) >= 11 is 0. The Labute approximate surface area is 288 Å². The summed E-state index contributed by atoms with van der Waals surface area (Å²) in [4.78, 5) is 5.22. The molecule has 1 aliphatic rings. The van der Waals surface area contributed by atoms with Gasteiger partial charge in [0.25, 0.3) is 0 Å². The van der Waals surface area contributed by atoms with Gasteiger partial charge in [0.05, 0.1) is 0 Å². The number of hydrogen-bond acceptors (Lipinski definition) is 5. The molecule has 2 unspecified atom stereocenters. The topological polar surface area (TPSA) is 62.7 Å². The maximum Gasteiger partial charge on any atom is 0.143 e. The van der Waals surface area contributed by atoms with Crippen molar-refractivity contribution in [2.45, 2.75) is 12.3 Å². The van der Waals surface area contributed by atoms with Crippen molar-refractivity contribution < 1.29 is 8.83 Å². The van der Waals surface area contributed by atoms with Gasteiger partial charge in [-0.25, -0.2) is 4.99 Å². The molecule has 0 fully saturated rings. The van der Waals surface area contributed by atoms with Crippen LogP contribution in [0.1, 0.15) is 29.0 Å². The fraction of sp³-hybridized carbons (Fsp3) is 0.0444. The van der Waals surface area contributed by atoms with Crippen molar-refractivity contribution in [3.8, 4) is 22.3 Å². The molecular formula is C45H31N3O2. The summed E-state index contributed by atoms with van der Waals surface area (Å²) in [6.45, 7) is 0. The van der Waals surface area contributed by atoms with Gasteiger partial charge in [-0.15, -0.1) is 0 Å². The molecule has 0 saturated carbocycles. The second kappa shape index (κ2) is 11.6. The van der Waals surface area contributed by atoms with Gasteiger partial charge in [-0.3, -0.25) is 5.32 Å². The van der Waals surface area contributed by atoms with Gasteiger partial charge in [0, 0.05) is 38.2 Å². The molecule has 2 N–H and O–H groups in total. The van der Waals surface area contributed by atoms with Crippen LogP contribution in [0, 0.1) is 0 Å². The molecule has 0 amide bonds. The van der Waals surface area contributed by atoms with Crippen molar-refractivity contribution in [2.24, 2.45) is 4.99 Å². The zero-order chi connectivity index (χ0) is 33.0. The summed E-state index contributed by atoms with van der Waals surface area (Å²) in [7, 11) is 0. The maximum absolute atomic E-state index is 6.49. The van der Waals surface area contributed by atoms with Gasteiger partial charge in [-0.2, -0.15) is 0 Å². The van der Waals surface area contributed by atoms with Gasteiger partial charge in [-0.05, 0) is 52.6 Å². The molecule has 0 saturated heterocycles. The molecule has 5 heteroatoms. The predicted octanol–water partition coefficient (Wildman–Crippen LogP) is 11.2. The van der Waals surface area contributed by atoms with E-state index in [-0.39, 0.29) is 12.3 Å². The van der Waals surface area contributed by atoms with Crippen LogP contribution in [-0.2, 0) is 0 Å².